The van der Waals surface area contributed by atoms with Crippen molar-refractivity contribution in [3.8, 4) is 5.69 Å². The van der Waals surface area contributed by atoms with Gasteiger partial charge in [-0.2, -0.15) is 0 Å². The predicted molar refractivity (Wildman–Crippen MR) is 104 cm³/mol. The summed E-state index contributed by atoms with van der Waals surface area (Å²) in [6, 6.07) is 11.8. The van der Waals surface area contributed by atoms with Crippen LogP contribution < -0.4 is 5.56 Å². The Bertz CT molecular complexity index is 997. The summed E-state index contributed by atoms with van der Waals surface area (Å²) in [4.78, 5) is 17.3. The van der Waals surface area contributed by atoms with Gasteiger partial charge in [0.15, 0.2) is 0 Å². The molecule has 2 aromatic carbocycles. The molecular weight excluding hydrogens is 329 g/mol. The van der Waals surface area contributed by atoms with Gasteiger partial charge in [-0.05, 0) is 67.8 Å². The molecule has 0 bridgehead atoms. The molecule has 0 aliphatic carbocycles. The Morgan fingerprint density at radius 3 is 2.50 bits per heavy atom. The highest BCUT2D eigenvalue weighted by atomic mass is 19.1. The number of aromatic nitrogens is 2. The van der Waals surface area contributed by atoms with Gasteiger partial charge >= 0.3 is 0 Å². The van der Waals surface area contributed by atoms with Crippen molar-refractivity contribution < 1.29 is 4.39 Å². The second kappa shape index (κ2) is 7.52. The lowest BCUT2D eigenvalue weighted by Gasteiger charge is -2.01. The van der Waals surface area contributed by atoms with Crippen molar-refractivity contribution in [1.82, 2.24) is 9.78 Å². The van der Waals surface area contributed by atoms with Crippen molar-refractivity contribution in [2.45, 2.75) is 33.6 Å². The minimum Gasteiger partial charge on any atom is -0.294 e. The van der Waals surface area contributed by atoms with E-state index in [1.807, 2.05) is 25.1 Å². The number of aliphatic imine (C=N–C) groups is 1. The summed E-state index contributed by atoms with van der Waals surface area (Å²) in [6.45, 7) is 6.14. The van der Waals surface area contributed by atoms with Crippen LogP contribution in [-0.4, -0.2) is 16.0 Å². The minimum absolute atomic E-state index is 0.187. The van der Waals surface area contributed by atoms with Gasteiger partial charge in [0.25, 0.3) is 5.56 Å². The molecule has 0 saturated carbocycles. The molecule has 26 heavy (non-hydrogen) atoms. The molecule has 0 unspecified atom stereocenters. The second-order valence-electron chi connectivity index (χ2n) is 6.40. The fourth-order valence-corrected chi connectivity index (χ4v) is 2.79. The smallest absolute Gasteiger partial charge is 0.280 e. The van der Waals surface area contributed by atoms with E-state index in [0.29, 0.717) is 11.3 Å². The highest BCUT2D eigenvalue weighted by Crippen LogP contribution is 2.17. The van der Waals surface area contributed by atoms with Gasteiger partial charge in [0.05, 0.1) is 16.9 Å². The van der Waals surface area contributed by atoms with Gasteiger partial charge in [-0.3, -0.25) is 14.9 Å². The van der Waals surface area contributed by atoms with E-state index in [-0.39, 0.29) is 11.4 Å². The quantitative estimate of drug-likeness (QED) is 0.670. The van der Waals surface area contributed by atoms with E-state index in [1.54, 1.807) is 18.3 Å². The molecule has 0 saturated heterocycles. The lowest BCUT2D eigenvalue weighted by Crippen LogP contribution is -2.17. The van der Waals surface area contributed by atoms with E-state index in [0.717, 1.165) is 29.8 Å². The normalized spacial score (nSPS) is 11.4. The van der Waals surface area contributed by atoms with Crippen molar-refractivity contribution in [3.63, 3.8) is 0 Å². The van der Waals surface area contributed by atoms with Crippen molar-refractivity contribution in [3.05, 3.63) is 81.0 Å². The first-order valence-corrected chi connectivity index (χ1v) is 8.70. The third-order valence-electron chi connectivity index (χ3n) is 4.42. The fraction of sp³-hybridized carbons (Fsp3) is 0.238. The Morgan fingerprint density at radius 2 is 1.85 bits per heavy atom. The molecule has 1 N–H and O–H groups in total. The third kappa shape index (κ3) is 3.67. The van der Waals surface area contributed by atoms with Crippen LogP contribution in [0.5, 0.6) is 0 Å². The maximum absolute atomic E-state index is 13.2. The highest BCUT2D eigenvalue weighted by molar-refractivity contribution is 5.83. The molecule has 0 spiro atoms. The molecule has 0 aliphatic heterocycles. The fourth-order valence-electron chi connectivity index (χ4n) is 2.79. The number of hydrogen-bond acceptors (Lipinski definition) is 2. The molecule has 3 rings (SSSR count). The maximum Gasteiger partial charge on any atom is 0.280 e. The first-order valence-electron chi connectivity index (χ1n) is 8.70. The van der Waals surface area contributed by atoms with Gasteiger partial charge in [0, 0.05) is 11.9 Å². The standard InChI is InChI=1S/C21H22FN3O/c1-4-5-20-19(13-23-17-9-6-14(2)15(3)12-17)21(26)25(24-20)18-10-7-16(22)8-11-18/h6-13,24H,4-5H2,1-3H3. The number of rotatable bonds is 5. The van der Waals surface area contributed by atoms with E-state index < -0.39 is 0 Å². The van der Waals surface area contributed by atoms with Crippen LogP contribution in [0.3, 0.4) is 0 Å². The second-order valence-corrected chi connectivity index (χ2v) is 6.40. The average molecular weight is 351 g/mol. The number of halogens is 1. The lowest BCUT2D eigenvalue weighted by atomic mass is 10.1. The van der Waals surface area contributed by atoms with Gasteiger partial charge in [0.2, 0.25) is 0 Å². The average Bonchev–Trinajstić information content (AvgIpc) is 2.93. The molecule has 0 atom stereocenters. The van der Waals surface area contributed by atoms with Crippen molar-refractivity contribution in [2.75, 3.05) is 0 Å². The molecule has 1 heterocycles. The zero-order valence-electron chi connectivity index (χ0n) is 15.2. The van der Waals surface area contributed by atoms with Crippen LogP contribution in [0, 0.1) is 19.7 Å². The topological polar surface area (TPSA) is 50.1 Å². The van der Waals surface area contributed by atoms with E-state index in [4.69, 9.17) is 0 Å². The molecular formula is C21H22FN3O. The maximum atomic E-state index is 13.2. The molecule has 0 aliphatic rings. The van der Waals surface area contributed by atoms with Crippen LogP contribution >= 0.6 is 0 Å². The zero-order chi connectivity index (χ0) is 18.7. The third-order valence-corrected chi connectivity index (χ3v) is 4.42. The van der Waals surface area contributed by atoms with E-state index >= 15 is 0 Å². The summed E-state index contributed by atoms with van der Waals surface area (Å²) >= 11 is 0. The number of aryl methyl sites for hydroxylation is 3. The Hall–Kier alpha value is -2.95. The van der Waals surface area contributed by atoms with E-state index in [1.165, 1.54) is 22.4 Å². The number of aromatic amines is 1. The predicted octanol–water partition coefficient (Wildman–Crippen LogP) is 4.62. The number of hydrogen-bond donors (Lipinski definition) is 1. The number of nitrogens with one attached hydrogen (secondary N) is 1. The minimum atomic E-state index is -0.335. The first kappa shape index (κ1) is 17.9. The largest absolute Gasteiger partial charge is 0.294 e. The van der Waals surface area contributed by atoms with Crippen LogP contribution in [0.25, 0.3) is 5.69 Å². The Morgan fingerprint density at radius 1 is 1.12 bits per heavy atom. The van der Waals surface area contributed by atoms with Gasteiger partial charge in [-0.15, -0.1) is 0 Å². The van der Waals surface area contributed by atoms with Gasteiger partial charge < -0.3 is 0 Å². The lowest BCUT2D eigenvalue weighted by molar-refractivity contribution is 0.626. The molecule has 0 fully saturated rings. The molecule has 0 radical (unpaired) electrons. The molecule has 3 aromatic rings. The Labute approximate surface area is 152 Å². The summed E-state index contributed by atoms with van der Waals surface area (Å²) in [6.07, 6.45) is 3.25. The van der Waals surface area contributed by atoms with Crippen LogP contribution in [0.4, 0.5) is 10.1 Å². The summed E-state index contributed by atoms with van der Waals surface area (Å²) in [5.41, 5.74) is 4.95. The van der Waals surface area contributed by atoms with Crippen molar-refractivity contribution >= 4 is 11.9 Å². The summed E-state index contributed by atoms with van der Waals surface area (Å²) in [7, 11) is 0. The van der Waals surface area contributed by atoms with Crippen LogP contribution in [0.2, 0.25) is 0 Å². The van der Waals surface area contributed by atoms with E-state index in [9.17, 15) is 9.18 Å². The number of benzene rings is 2. The van der Waals surface area contributed by atoms with Crippen molar-refractivity contribution in [2.24, 2.45) is 4.99 Å². The number of nitrogens with zero attached hydrogens (tertiary/aromatic N) is 2. The Kier molecular flexibility index (Phi) is 5.16. The van der Waals surface area contributed by atoms with Crippen LogP contribution in [0.1, 0.15) is 35.7 Å². The molecule has 5 heteroatoms. The zero-order valence-corrected chi connectivity index (χ0v) is 15.2. The SMILES string of the molecule is CCCc1[nH]n(-c2ccc(F)cc2)c(=O)c1C=Nc1ccc(C)c(C)c1. The molecule has 1 aromatic heterocycles. The van der Waals surface area contributed by atoms with E-state index in [2.05, 4.69) is 23.9 Å². The Balaban J connectivity index is 2.02. The monoisotopic (exact) mass is 351 g/mol. The molecule has 134 valence electrons. The van der Waals surface area contributed by atoms with Gasteiger partial charge in [-0.1, -0.05) is 19.4 Å². The van der Waals surface area contributed by atoms with Crippen LogP contribution in [-0.2, 0) is 6.42 Å². The molecule has 0 amide bonds. The van der Waals surface area contributed by atoms with Gasteiger partial charge in [-0.25, -0.2) is 9.07 Å². The molecule has 4 nitrogen and oxygen atoms in total. The van der Waals surface area contributed by atoms with Crippen molar-refractivity contribution in [1.29, 1.82) is 0 Å². The summed E-state index contributed by atoms with van der Waals surface area (Å²) in [5, 5.41) is 3.13. The van der Waals surface area contributed by atoms with Crippen LogP contribution in [0.15, 0.2) is 52.3 Å². The highest BCUT2D eigenvalue weighted by Gasteiger charge is 2.13. The summed E-state index contributed by atoms with van der Waals surface area (Å²) < 4.78 is 14.6. The first-order chi connectivity index (χ1) is 12.5. The van der Waals surface area contributed by atoms with Gasteiger partial charge in [0.1, 0.15) is 5.82 Å². The number of H-pyrrole nitrogens is 1. The summed E-state index contributed by atoms with van der Waals surface area (Å²) in [5.74, 6) is -0.335.